The minimum Gasteiger partial charge on any atom is -0.456 e. The zero-order valence-corrected chi connectivity index (χ0v) is 33.4. The SMILES string of the molecule is Cc1cc(C)c(NS(C)(=O)=O)c(C)c1Nc1ccc2c(-c3ccccc3S(=O)(=O)O)c3ccc(=[NH+]c4c(C)cc(C)c(NS(C)(=O)=O)c4C)cc-3oc2c1. The molecular formula is C39H41N4O8S3+. The summed E-state index contributed by atoms with van der Waals surface area (Å²) < 4.78 is 96.0. The molecule has 1 aliphatic carbocycles. The lowest BCUT2D eigenvalue weighted by Gasteiger charge is -2.20. The molecule has 1 heterocycles. The van der Waals surface area contributed by atoms with Crippen molar-refractivity contribution < 1.29 is 39.2 Å². The molecule has 12 nitrogen and oxygen atoms in total. The molecule has 0 fully saturated rings. The van der Waals surface area contributed by atoms with E-state index in [0.717, 1.165) is 34.8 Å². The molecular weight excluding hydrogens is 749 g/mol. The van der Waals surface area contributed by atoms with E-state index < -0.39 is 30.2 Å². The molecule has 1 aliphatic heterocycles. The average Bonchev–Trinajstić information content (AvgIpc) is 3.06. The molecule has 0 unspecified atom stereocenters. The molecule has 15 heteroatoms. The molecule has 0 bridgehead atoms. The number of fused-ring (bicyclic) bond motifs is 2. The largest absolute Gasteiger partial charge is 0.456 e. The van der Waals surface area contributed by atoms with Crippen LogP contribution in [0.2, 0.25) is 0 Å². The smallest absolute Gasteiger partial charge is 0.295 e. The molecule has 4 aromatic rings. The maximum Gasteiger partial charge on any atom is 0.295 e. The Morgan fingerprint density at radius 3 is 1.85 bits per heavy atom. The maximum atomic E-state index is 12.6. The molecule has 54 heavy (non-hydrogen) atoms. The van der Waals surface area contributed by atoms with Crippen molar-refractivity contribution in [1.82, 2.24) is 0 Å². The van der Waals surface area contributed by atoms with E-state index in [9.17, 15) is 29.8 Å². The first-order valence-corrected chi connectivity index (χ1v) is 22.0. The lowest BCUT2D eigenvalue weighted by Crippen LogP contribution is -2.71. The molecule has 5 N–H and O–H groups in total. The first-order chi connectivity index (χ1) is 25.1. The van der Waals surface area contributed by atoms with E-state index in [1.165, 1.54) is 12.1 Å². The Morgan fingerprint density at radius 2 is 1.22 bits per heavy atom. The molecule has 4 aromatic carbocycles. The van der Waals surface area contributed by atoms with E-state index in [2.05, 4.69) is 19.8 Å². The third kappa shape index (κ3) is 7.85. The average molecular weight is 790 g/mol. The van der Waals surface area contributed by atoms with Gasteiger partial charge in [-0.2, -0.15) is 8.42 Å². The Labute approximate surface area is 315 Å². The van der Waals surface area contributed by atoms with Crippen molar-refractivity contribution in [1.29, 1.82) is 0 Å². The predicted octanol–water partition coefficient (Wildman–Crippen LogP) is 6.10. The molecule has 0 spiro atoms. The quantitative estimate of drug-likeness (QED) is 0.0853. The molecule has 0 saturated carbocycles. The van der Waals surface area contributed by atoms with Crippen LogP contribution in [0, 0.1) is 41.5 Å². The molecule has 0 saturated heterocycles. The van der Waals surface area contributed by atoms with Crippen LogP contribution in [0.25, 0.3) is 33.4 Å². The zero-order valence-electron chi connectivity index (χ0n) is 31.0. The third-order valence-electron chi connectivity index (χ3n) is 9.21. The highest BCUT2D eigenvalue weighted by Gasteiger charge is 2.25. The van der Waals surface area contributed by atoms with Crippen molar-refractivity contribution in [2.45, 2.75) is 46.4 Å². The van der Waals surface area contributed by atoms with E-state index in [-0.39, 0.29) is 10.5 Å². The van der Waals surface area contributed by atoms with Crippen LogP contribution in [0.5, 0.6) is 0 Å². The summed E-state index contributed by atoms with van der Waals surface area (Å²) in [6.45, 7) is 11.2. The van der Waals surface area contributed by atoms with Gasteiger partial charge in [-0.3, -0.25) is 14.0 Å². The first-order valence-electron chi connectivity index (χ1n) is 16.7. The minimum atomic E-state index is -4.63. The highest BCUT2D eigenvalue weighted by Crippen LogP contribution is 2.43. The maximum absolute atomic E-state index is 12.6. The highest BCUT2D eigenvalue weighted by molar-refractivity contribution is 7.92. The van der Waals surface area contributed by atoms with Crippen LogP contribution in [0.4, 0.5) is 28.4 Å². The highest BCUT2D eigenvalue weighted by atomic mass is 32.2. The number of benzene rings is 5. The van der Waals surface area contributed by atoms with Gasteiger partial charge < -0.3 is 9.73 Å². The number of anilines is 4. The van der Waals surface area contributed by atoms with E-state index in [1.807, 2.05) is 65.8 Å². The summed E-state index contributed by atoms with van der Waals surface area (Å²) in [6, 6.07) is 20.7. The molecule has 0 radical (unpaired) electrons. The fourth-order valence-electron chi connectivity index (χ4n) is 6.96. The summed E-state index contributed by atoms with van der Waals surface area (Å²) in [7, 11) is -11.7. The summed E-state index contributed by atoms with van der Waals surface area (Å²) in [5, 5.41) is 4.61. The van der Waals surface area contributed by atoms with Gasteiger partial charge in [0.25, 0.3) is 10.1 Å². The first kappa shape index (κ1) is 38.5. The van der Waals surface area contributed by atoms with Gasteiger partial charge >= 0.3 is 0 Å². The second-order valence-electron chi connectivity index (χ2n) is 13.6. The van der Waals surface area contributed by atoms with Crippen molar-refractivity contribution >= 4 is 69.6 Å². The summed E-state index contributed by atoms with van der Waals surface area (Å²) in [4.78, 5) is 3.15. The van der Waals surface area contributed by atoms with Gasteiger partial charge in [-0.1, -0.05) is 24.3 Å². The summed E-state index contributed by atoms with van der Waals surface area (Å²) in [5.41, 5.74) is 9.42. The number of aryl methyl sites for hydroxylation is 4. The Bertz CT molecular complexity index is 2900. The zero-order chi connectivity index (χ0) is 39.5. The Morgan fingerprint density at radius 1 is 0.630 bits per heavy atom. The van der Waals surface area contributed by atoms with Crippen LogP contribution in [0.1, 0.15) is 33.4 Å². The van der Waals surface area contributed by atoms with Crippen LogP contribution in [-0.2, 0) is 30.2 Å². The van der Waals surface area contributed by atoms with E-state index >= 15 is 0 Å². The fourth-order valence-corrected chi connectivity index (χ4v) is 9.03. The van der Waals surface area contributed by atoms with Crippen molar-refractivity contribution in [3.63, 3.8) is 0 Å². The molecule has 6 rings (SSSR count). The Balaban J connectivity index is 1.60. The van der Waals surface area contributed by atoms with Crippen molar-refractivity contribution in [2.75, 3.05) is 27.3 Å². The minimum absolute atomic E-state index is 0.267. The van der Waals surface area contributed by atoms with Crippen LogP contribution in [0.3, 0.4) is 0 Å². The number of sulfonamides is 2. The second kappa shape index (κ2) is 13.9. The lowest BCUT2D eigenvalue weighted by molar-refractivity contribution is -0.403. The van der Waals surface area contributed by atoms with Crippen LogP contribution in [0.15, 0.2) is 82.1 Å². The molecule has 282 valence electrons. The van der Waals surface area contributed by atoms with Gasteiger partial charge in [-0.25, -0.2) is 21.8 Å². The predicted molar refractivity (Wildman–Crippen MR) is 213 cm³/mol. The van der Waals surface area contributed by atoms with Gasteiger partial charge in [0.15, 0.2) is 0 Å². The van der Waals surface area contributed by atoms with Crippen molar-refractivity contribution in [2.24, 2.45) is 0 Å². The van der Waals surface area contributed by atoms with Crippen LogP contribution < -0.4 is 25.1 Å². The number of hydrogen-bond acceptors (Lipinski definition) is 8. The fraction of sp³-hybridized carbons (Fsp3) is 0.205. The monoisotopic (exact) mass is 789 g/mol. The van der Waals surface area contributed by atoms with Gasteiger partial charge in [0, 0.05) is 56.7 Å². The molecule has 2 aliphatic rings. The van der Waals surface area contributed by atoms with Gasteiger partial charge in [0.05, 0.1) is 30.0 Å². The number of hydrogen-bond donors (Lipinski definition) is 5. The van der Waals surface area contributed by atoms with E-state index in [1.54, 1.807) is 36.4 Å². The number of nitrogens with one attached hydrogen (secondary N) is 4. The standard InChI is InChI=1S/C39H40N4O8S3/c1-21-17-23(3)38(42-52(7,44)45)25(5)36(21)40-27-13-15-29-32(19-27)51-33-20-28(41-37-22(2)18-24(4)39(26(37)6)43-53(8,46)47)14-16-30(33)35(29)31-11-9-10-12-34(31)54(48,49)50/h9-20,40,42-43H,1-8H3,(H,48,49,50)/p+1. The van der Waals surface area contributed by atoms with Crippen molar-refractivity contribution in [3.05, 3.63) is 112 Å². The Hall–Kier alpha value is -5.22. The van der Waals surface area contributed by atoms with Crippen molar-refractivity contribution in [3.8, 4) is 22.5 Å². The van der Waals surface area contributed by atoms with Gasteiger partial charge in [0.2, 0.25) is 31.1 Å². The molecule has 0 atom stereocenters. The second-order valence-corrected chi connectivity index (χ2v) is 18.5. The Kier molecular flexibility index (Phi) is 9.90. The van der Waals surface area contributed by atoms with Gasteiger partial charge in [-0.15, -0.1) is 0 Å². The van der Waals surface area contributed by atoms with Gasteiger partial charge in [0.1, 0.15) is 16.2 Å². The van der Waals surface area contributed by atoms with Gasteiger partial charge in [-0.05, 0) is 94.1 Å². The normalized spacial score (nSPS) is 12.7. The summed E-state index contributed by atoms with van der Waals surface area (Å²) in [5.74, 6) is 0.393. The third-order valence-corrected chi connectivity index (χ3v) is 11.3. The number of rotatable bonds is 9. The van der Waals surface area contributed by atoms with E-state index in [0.29, 0.717) is 72.8 Å². The molecule has 0 aromatic heterocycles. The van der Waals surface area contributed by atoms with Crippen LogP contribution >= 0.6 is 0 Å². The molecule has 0 amide bonds. The summed E-state index contributed by atoms with van der Waals surface area (Å²) in [6.07, 6.45) is 2.20. The lowest BCUT2D eigenvalue weighted by atomic mass is 9.93. The topological polar surface area (TPSA) is 186 Å². The van der Waals surface area contributed by atoms with E-state index in [4.69, 9.17) is 4.42 Å². The van der Waals surface area contributed by atoms with Crippen LogP contribution in [-0.4, -0.2) is 42.3 Å². The summed E-state index contributed by atoms with van der Waals surface area (Å²) >= 11 is 0.